The van der Waals surface area contributed by atoms with Gasteiger partial charge in [0.25, 0.3) is 0 Å². The van der Waals surface area contributed by atoms with Gasteiger partial charge in [-0.1, -0.05) is 23.7 Å². The lowest BCUT2D eigenvalue weighted by molar-refractivity contribution is 0.309. The second-order valence-corrected chi connectivity index (χ2v) is 8.53. The zero-order chi connectivity index (χ0) is 17.2. The summed E-state index contributed by atoms with van der Waals surface area (Å²) >= 11 is 5.85. The van der Waals surface area contributed by atoms with Crippen LogP contribution in [0.3, 0.4) is 0 Å². The zero-order valence-corrected chi connectivity index (χ0v) is 15.3. The Kier molecular flexibility index (Phi) is 5.27. The third-order valence-electron chi connectivity index (χ3n) is 4.56. The summed E-state index contributed by atoms with van der Waals surface area (Å²) in [5.41, 5.74) is 0.767. The highest BCUT2D eigenvalue weighted by atomic mass is 35.5. The largest absolute Gasteiger partial charge is 0.335 e. The average molecular weight is 368 g/mol. The molecular formula is C17H22ClN3O2S. The van der Waals surface area contributed by atoms with E-state index in [9.17, 15) is 8.42 Å². The molecule has 7 heteroatoms. The lowest BCUT2D eigenvalue weighted by Crippen LogP contribution is -2.39. The number of rotatable bonds is 5. The standard InChI is InChI=1S/C17H22ClN3O2S/c1-2-20-12-9-19-17(20)15-7-10-21(11-8-15)24(22,23)13-14-3-5-16(18)6-4-14/h3-6,9,12,15H,2,7-8,10-11,13H2,1H3. The number of sulfonamides is 1. The Hall–Kier alpha value is -1.37. The molecule has 0 saturated carbocycles. The van der Waals surface area contributed by atoms with Crippen LogP contribution in [0.25, 0.3) is 0 Å². The van der Waals surface area contributed by atoms with E-state index in [1.54, 1.807) is 28.6 Å². The normalized spacial score (nSPS) is 17.2. The highest BCUT2D eigenvalue weighted by Gasteiger charge is 2.30. The van der Waals surface area contributed by atoms with Gasteiger partial charge in [0.1, 0.15) is 5.82 Å². The van der Waals surface area contributed by atoms with E-state index in [4.69, 9.17) is 11.6 Å². The summed E-state index contributed by atoms with van der Waals surface area (Å²) in [6.45, 7) is 4.09. The van der Waals surface area contributed by atoms with Gasteiger partial charge in [-0.15, -0.1) is 0 Å². The van der Waals surface area contributed by atoms with Gasteiger partial charge in [0.2, 0.25) is 10.0 Å². The van der Waals surface area contributed by atoms with Crippen molar-refractivity contribution < 1.29 is 8.42 Å². The van der Waals surface area contributed by atoms with E-state index in [0.717, 1.165) is 30.8 Å². The number of piperidine rings is 1. The number of aromatic nitrogens is 2. The van der Waals surface area contributed by atoms with E-state index in [1.807, 2.05) is 12.4 Å². The van der Waals surface area contributed by atoms with E-state index >= 15 is 0 Å². The monoisotopic (exact) mass is 367 g/mol. The maximum Gasteiger partial charge on any atom is 0.218 e. The van der Waals surface area contributed by atoms with Gasteiger partial charge in [-0.05, 0) is 37.5 Å². The van der Waals surface area contributed by atoms with Gasteiger partial charge in [0.15, 0.2) is 0 Å². The Morgan fingerprint density at radius 2 is 1.88 bits per heavy atom. The molecule has 3 rings (SSSR count). The predicted octanol–water partition coefficient (Wildman–Crippen LogP) is 3.27. The maximum atomic E-state index is 12.6. The third-order valence-corrected chi connectivity index (χ3v) is 6.67. The van der Waals surface area contributed by atoms with Crippen molar-refractivity contribution in [1.29, 1.82) is 0 Å². The summed E-state index contributed by atoms with van der Waals surface area (Å²) in [4.78, 5) is 4.46. The molecule has 0 aliphatic carbocycles. The van der Waals surface area contributed by atoms with Gasteiger partial charge in [-0.2, -0.15) is 0 Å². The van der Waals surface area contributed by atoms with Crippen molar-refractivity contribution in [3.05, 3.63) is 53.1 Å². The first-order valence-corrected chi connectivity index (χ1v) is 10.2. The molecule has 5 nitrogen and oxygen atoms in total. The van der Waals surface area contributed by atoms with Crippen molar-refractivity contribution >= 4 is 21.6 Å². The number of benzene rings is 1. The van der Waals surface area contributed by atoms with E-state index < -0.39 is 10.0 Å². The van der Waals surface area contributed by atoms with Crippen LogP contribution in [0.5, 0.6) is 0 Å². The molecule has 0 amide bonds. The first-order valence-electron chi connectivity index (χ1n) is 8.23. The maximum absolute atomic E-state index is 12.6. The molecule has 2 aromatic rings. The van der Waals surface area contributed by atoms with Gasteiger partial charge in [0, 0.05) is 43.0 Å². The third kappa shape index (κ3) is 3.82. The van der Waals surface area contributed by atoms with Crippen LogP contribution in [0, 0.1) is 0 Å². The van der Waals surface area contributed by atoms with Crippen molar-refractivity contribution in [2.45, 2.75) is 38.0 Å². The van der Waals surface area contributed by atoms with Crippen LogP contribution in [-0.2, 0) is 22.3 Å². The molecule has 0 radical (unpaired) electrons. The van der Waals surface area contributed by atoms with Gasteiger partial charge in [-0.25, -0.2) is 17.7 Å². The Morgan fingerprint density at radius 3 is 2.50 bits per heavy atom. The molecule has 24 heavy (non-hydrogen) atoms. The SMILES string of the molecule is CCn1ccnc1C1CCN(S(=O)(=O)Cc2ccc(Cl)cc2)CC1. The number of nitrogens with zero attached hydrogens (tertiary/aromatic N) is 3. The van der Waals surface area contributed by atoms with Gasteiger partial charge >= 0.3 is 0 Å². The minimum atomic E-state index is -3.29. The summed E-state index contributed by atoms with van der Waals surface area (Å²) in [5.74, 6) is 1.44. The first kappa shape index (κ1) is 17.5. The van der Waals surface area contributed by atoms with Gasteiger partial charge < -0.3 is 4.57 Å². The van der Waals surface area contributed by atoms with E-state index in [0.29, 0.717) is 24.0 Å². The molecular weight excluding hydrogens is 346 g/mol. The van der Waals surface area contributed by atoms with Crippen molar-refractivity contribution in [3.63, 3.8) is 0 Å². The van der Waals surface area contributed by atoms with Crippen LogP contribution in [0.2, 0.25) is 5.02 Å². The summed E-state index contributed by atoms with van der Waals surface area (Å²) in [6, 6.07) is 6.99. The Balaban J connectivity index is 1.64. The lowest BCUT2D eigenvalue weighted by atomic mass is 9.97. The van der Waals surface area contributed by atoms with Crippen molar-refractivity contribution in [2.24, 2.45) is 0 Å². The van der Waals surface area contributed by atoms with Crippen molar-refractivity contribution in [2.75, 3.05) is 13.1 Å². The quantitative estimate of drug-likeness (QED) is 0.815. The van der Waals surface area contributed by atoms with Gasteiger partial charge in [-0.3, -0.25) is 0 Å². The van der Waals surface area contributed by atoms with Crippen LogP contribution < -0.4 is 0 Å². The fraction of sp³-hybridized carbons (Fsp3) is 0.471. The highest BCUT2D eigenvalue weighted by Crippen LogP contribution is 2.29. The number of imidazole rings is 1. The Labute approximate surface area is 148 Å². The van der Waals surface area contributed by atoms with Crippen LogP contribution in [-0.4, -0.2) is 35.4 Å². The molecule has 1 aliphatic rings. The van der Waals surface area contributed by atoms with Crippen LogP contribution in [0.4, 0.5) is 0 Å². The van der Waals surface area contributed by atoms with Crippen LogP contribution in [0.15, 0.2) is 36.7 Å². The van der Waals surface area contributed by atoms with Gasteiger partial charge in [0.05, 0.1) is 5.75 Å². The van der Waals surface area contributed by atoms with Crippen molar-refractivity contribution in [1.82, 2.24) is 13.9 Å². The minimum Gasteiger partial charge on any atom is -0.335 e. The molecule has 1 aromatic carbocycles. The molecule has 0 atom stereocenters. The molecule has 1 aromatic heterocycles. The molecule has 2 heterocycles. The fourth-order valence-corrected chi connectivity index (χ4v) is 4.91. The summed E-state index contributed by atoms with van der Waals surface area (Å²) in [7, 11) is -3.29. The molecule has 1 fully saturated rings. The second kappa shape index (κ2) is 7.25. The topological polar surface area (TPSA) is 55.2 Å². The second-order valence-electron chi connectivity index (χ2n) is 6.13. The van der Waals surface area contributed by atoms with E-state index in [-0.39, 0.29) is 5.75 Å². The summed E-state index contributed by atoms with van der Waals surface area (Å²) < 4.78 is 29.0. The molecule has 1 saturated heterocycles. The molecule has 0 unspecified atom stereocenters. The Morgan fingerprint density at radius 1 is 1.21 bits per heavy atom. The summed E-state index contributed by atoms with van der Waals surface area (Å²) in [5, 5.41) is 0.614. The van der Waals surface area contributed by atoms with E-state index in [2.05, 4.69) is 16.5 Å². The summed E-state index contributed by atoms with van der Waals surface area (Å²) in [6.07, 6.45) is 5.44. The first-order chi connectivity index (χ1) is 11.5. The highest BCUT2D eigenvalue weighted by molar-refractivity contribution is 7.88. The fourth-order valence-electron chi connectivity index (χ4n) is 3.22. The van der Waals surface area contributed by atoms with E-state index in [1.165, 1.54) is 0 Å². The zero-order valence-electron chi connectivity index (χ0n) is 13.7. The Bertz CT molecular complexity index is 778. The molecule has 0 N–H and O–H groups in total. The minimum absolute atomic E-state index is 0.0262. The molecule has 1 aliphatic heterocycles. The molecule has 130 valence electrons. The predicted molar refractivity (Wildman–Crippen MR) is 95.5 cm³/mol. The number of hydrogen-bond donors (Lipinski definition) is 0. The van der Waals surface area contributed by atoms with Crippen molar-refractivity contribution in [3.8, 4) is 0 Å². The molecule has 0 spiro atoms. The lowest BCUT2D eigenvalue weighted by Gasteiger charge is -2.31. The van der Waals surface area contributed by atoms with Crippen LogP contribution in [0.1, 0.15) is 37.1 Å². The smallest absolute Gasteiger partial charge is 0.218 e. The average Bonchev–Trinajstić information content (AvgIpc) is 3.05. The number of halogens is 1. The number of aryl methyl sites for hydroxylation is 1. The van der Waals surface area contributed by atoms with Crippen LogP contribution >= 0.6 is 11.6 Å². The molecule has 0 bridgehead atoms. The number of hydrogen-bond acceptors (Lipinski definition) is 3.